The van der Waals surface area contributed by atoms with Gasteiger partial charge in [0.25, 0.3) is 0 Å². The smallest absolute Gasteiger partial charge is 0.246 e. The van der Waals surface area contributed by atoms with Crippen molar-refractivity contribution in [2.24, 2.45) is 0 Å². The third-order valence-electron chi connectivity index (χ3n) is 2.34. The number of benzene rings is 1. The van der Waals surface area contributed by atoms with Gasteiger partial charge in [-0.25, -0.2) is 0 Å². The topological polar surface area (TPSA) is 55.4 Å². The SMILES string of the molecule is CCCC(=O)NC(Oc1ccc(C=O)cc1)C(Cl)(Cl)Cl. The molecule has 0 spiro atoms. The van der Waals surface area contributed by atoms with E-state index in [0.29, 0.717) is 30.4 Å². The van der Waals surface area contributed by atoms with E-state index in [0.717, 1.165) is 0 Å². The van der Waals surface area contributed by atoms with Gasteiger partial charge in [-0.3, -0.25) is 9.59 Å². The van der Waals surface area contributed by atoms with E-state index in [4.69, 9.17) is 39.5 Å². The summed E-state index contributed by atoms with van der Waals surface area (Å²) in [5.41, 5.74) is 0.498. The minimum atomic E-state index is -1.81. The van der Waals surface area contributed by atoms with Crippen LogP contribution in [0, 0.1) is 0 Å². The Bertz CT molecular complexity index is 457. The van der Waals surface area contributed by atoms with Crippen LogP contribution in [-0.2, 0) is 4.79 Å². The van der Waals surface area contributed by atoms with Crippen LogP contribution in [0.25, 0.3) is 0 Å². The van der Waals surface area contributed by atoms with E-state index in [2.05, 4.69) is 5.32 Å². The first-order chi connectivity index (χ1) is 9.36. The number of alkyl halides is 3. The number of hydrogen-bond acceptors (Lipinski definition) is 3. The van der Waals surface area contributed by atoms with Gasteiger partial charge in [-0.05, 0) is 30.7 Å². The van der Waals surface area contributed by atoms with E-state index in [9.17, 15) is 9.59 Å². The van der Waals surface area contributed by atoms with Crippen LogP contribution >= 0.6 is 34.8 Å². The lowest BCUT2D eigenvalue weighted by molar-refractivity contribution is -0.123. The minimum Gasteiger partial charge on any atom is -0.466 e. The number of carbonyl (C=O) groups is 2. The molecule has 1 unspecified atom stereocenters. The van der Waals surface area contributed by atoms with E-state index >= 15 is 0 Å². The van der Waals surface area contributed by atoms with Crippen molar-refractivity contribution >= 4 is 47.0 Å². The summed E-state index contributed by atoms with van der Waals surface area (Å²) in [6, 6.07) is 6.23. The van der Waals surface area contributed by atoms with Crippen LogP contribution in [0.5, 0.6) is 5.75 Å². The molecule has 0 fully saturated rings. The monoisotopic (exact) mass is 337 g/mol. The second-order valence-corrected chi connectivity index (χ2v) is 6.41. The van der Waals surface area contributed by atoms with Crippen LogP contribution in [0.1, 0.15) is 30.1 Å². The third kappa shape index (κ3) is 5.57. The van der Waals surface area contributed by atoms with Crippen LogP contribution < -0.4 is 10.1 Å². The molecule has 1 amide bonds. The van der Waals surface area contributed by atoms with Crippen molar-refractivity contribution < 1.29 is 14.3 Å². The quantitative estimate of drug-likeness (QED) is 0.491. The van der Waals surface area contributed by atoms with E-state index in [1.807, 2.05) is 6.92 Å². The standard InChI is InChI=1S/C13H14Cl3NO3/c1-2-3-11(19)17-12(13(14,15)16)20-10-6-4-9(8-18)5-7-10/h4-8,12H,2-3H2,1H3,(H,17,19). The molecule has 0 aliphatic heterocycles. The molecule has 1 aromatic carbocycles. The van der Waals surface area contributed by atoms with Gasteiger partial charge in [0.1, 0.15) is 12.0 Å². The predicted molar refractivity (Wildman–Crippen MR) is 79.6 cm³/mol. The summed E-state index contributed by atoms with van der Waals surface area (Å²) in [7, 11) is 0. The lowest BCUT2D eigenvalue weighted by atomic mass is 10.2. The van der Waals surface area contributed by atoms with Gasteiger partial charge in [0.2, 0.25) is 15.9 Å². The molecule has 7 heteroatoms. The number of ether oxygens (including phenoxy) is 1. The fraction of sp³-hybridized carbons (Fsp3) is 0.385. The minimum absolute atomic E-state index is 0.270. The fourth-order valence-corrected chi connectivity index (χ4v) is 1.68. The highest BCUT2D eigenvalue weighted by atomic mass is 35.6. The Morgan fingerprint density at radius 3 is 2.40 bits per heavy atom. The molecular weight excluding hydrogens is 325 g/mol. The van der Waals surface area contributed by atoms with Crippen molar-refractivity contribution in [3.63, 3.8) is 0 Å². The molecule has 0 bridgehead atoms. The number of aldehydes is 1. The Balaban J connectivity index is 2.78. The maximum Gasteiger partial charge on any atom is 0.246 e. The molecule has 1 atom stereocenters. The summed E-state index contributed by atoms with van der Waals surface area (Å²) in [6.07, 6.45) is 0.574. The summed E-state index contributed by atoms with van der Waals surface area (Å²) in [5.74, 6) is 0.108. The van der Waals surface area contributed by atoms with Crippen LogP contribution in [-0.4, -0.2) is 22.2 Å². The largest absolute Gasteiger partial charge is 0.466 e. The Hall–Kier alpha value is -0.970. The van der Waals surface area contributed by atoms with E-state index in [1.54, 1.807) is 24.3 Å². The number of hydrogen-bond donors (Lipinski definition) is 1. The zero-order valence-electron chi connectivity index (χ0n) is 10.7. The van der Waals surface area contributed by atoms with Crippen molar-refractivity contribution in [3.05, 3.63) is 29.8 Å². The van der Waals surface area contributed by atoms with Gasteiger partial charge in [0, 0.05) is 12.0 Å². The second kappa shape index (κ2) is 7.72. The highest BCUT2D eigenvalue weighted by Crippen LogP contribution is 2.32. The maximum absolute atomic E-state index is 11.6. The third-order valence-corrected chi connectivity index (χ3v) is 2.93. The van der Waals surface area contributed by atoms with Crippen molar-refractivity contribution in [1.82, 2.24) is 5.32 Å². The zero-order chi connectivity index (χ0) is 15.2. The van der Waals surface area contributed by atoms with Crippen molar-refractivity contribution in [2.75, 3.05) is 0 Å². The average molecular weight is 339 g/mol. The molecule has 110 valence electrons. The number of nitrogens with one attached hydrogen (secondary N) is 1. The van der Waals surface area contributed by atoms with Gasteiger partial charge in [-0.15, -0.1) is 0 Å². The van der Waals surface area contributed by atoms with E-state index in [-0.39, 0.29) is 5.91 Å². The van der Waals surface area contributed by atoms with Crippen LogP contribution in [0.2, 0.25) is 0 Å². The average Bonchev–Trinajstić information content (AvgIpc) is 2.38. The molecule has 1 rings (SSSR count). The normalized spacial score (nSPS) is 12.6. The lowest BCUT2D eigenvalue weighted by Gasteiger charge is -2.26. The number of carbonyl (C=O) groups excluding carboxylic acids is 2. The van der Waals surface area contributed by atoms with Gasteiger partial charge in [-0.2, -0.15) is 0 Å². The van der Waals surface area contributed by atoms with Gasteiger partial charge in [0.15, 0.2) is 0 Å². The number of halogens is 3. The molecule has 0 heterocycles. The van der Waals surface area contributed by atoms with Gasteiger partial charge in [-0.1, -0.05) is 41.7 Å². The summed E-state index contributed by atoms with van der Waals surface area (Å²) in [6.45, 7) is 1.86. The maximum atomic E-state index is 11.6. The molecule has 1 N–H and O–H groups in total. The molecule has 0 aliphatic carbocycles. The molecule has 0 aliphatic rings. The van der Waals surface area contributed by atoms with Crippen LogP contribution in [0.3, 0.4) is 0 Å². The first-order valence-electron chi connectivity index (χ1n) is 5.94. The Morgan fingerprint density at radius 2 is 1.95 bits per heavy atom. The van der Waals surface area contributed by atoms with Crippen LogP contribution in [0.15, 0.2) is 24.3 Å². The lowest BCUT2D eigenvalue weighted by Crippen LogP contribution is -2.47. The first-order valence-corrected chi connectivity index (χ1v) is 7.08. The van der Waals surface area contributed by atoms with Crippen LogP contribution in [0.4, 0.5) is 0 Å². The summed E-state index contributed by atoms with van der Waals surface area (Å²) in [5, 5.41) is 2.51. The van der Waals surface area contributed by atoms with E-state index in [1.165, 1.54) is 0 Å². The van der Waals surface area contributed by atoms with Crippen molar-refractivity contribution in [3.8, 4) is 5.75 Å². The molecular formula is C13H14Cl3NO3. The van der Waals surface area contributed by atoms with Gasteiger partial charge < -0.3 is 10.1 Å². The van der Waals surface area contributed by atoms with Gasteiger partial charge >= 0.3 is 0 Å². The number of amides is 1. The zero-order valence-corrected chi connectivity index (χ0v) is 13.0. The van der Waals surface area contributed by atoms with Gasteiger partial charge in [0.05, 0.1) is 0 Å². The molecule has 0 saturated heterocycles. The molecule has 4 nitrogen and oxygen atoms in total. The first kappa shape index (κ1) is 17.1. The molecule has 20 heavy (non-hydrogen) atoms. The Labute approximate surface area is 132 Å². The Morgan fingerprint density at radius 1 is 1.35 bits per heavy atom. The summed E-state index contributed by atoms with van der Waals surface area (Å²) < 4.78 is 3.64. The molecule has 0 saturated carbocycles. The van der Waals surface area contributed by atoms with E-state index < -0.39 is 10.0 Å². The molecule has 1 aromatic rings. The molecule has 0 radical (unpaired) electrons. The highest BCUT2D eigenvalue weighted by molar-refractivity contribution is 6.68. The second-order valence-electron chi connectivity index (χ2n) is 4.04. The van der Waals surface area contributed by atoms with Crippen molar-refractivity contribution in [1.29, 1.82) is 0 Å². The Kier molecular flexibility index (Phi) is 6.59. The van der Waals surface area contributed by atoms with Crippen molar-refractivity contribution in [2.45, 2.75) is 29.8 Å². The number of rotatable bonds is 6. The fourth-order valence-electron chi connectivity index (χ4n) is 1.38. The summed E-state index contributed by atoms with van der Waals surface area (Å²) in [4.78, 5) is 22.1. The summed E-state index contributed by atoms with van der Waals surface area (Å²) >= 11 is 17.4. The molecule has 0 aromatic heterocycles. The highest BCUT2D eigenvalue weighted by Gasteiger charge is 2.36. The predicted octanol–water partition coefficient (Wildman–Crippen LogP) is 3.49.